The van der Waals surface area contributed by atoms with Crippen molar-refractivity contribution < 1.29 is 0 Å². The lowest BCUT2D eigenvalue weighted by Crippen LogP contribution is -2.02. The molecule has 0 saturated carbocycles. The highest BCUT2D eigenvalue weighted by molar-refractivity contribution is 6.08. The van der Waals surface area contributed by atoms with E-state index >= 15 is 0 Å². The van der Waals surface area contributed by atoms with Crippen LogP contribution in [0.2, 0.25) is 0 Å². The molecule has 0 aliphatic heterocycles. The molecule has 0 fully saturated rings. The highest BCUT2D eigenvalue weighted by atomic mass is 15.1. The molecule has 24 heavy (non-hydrogen) atoms. The largest absolute Gasteiger partial charge is 0.241 e. The molecule has 4 aromatic rings. The van der Waals surface area contributed by atoms with E-state index in [2.05, 4.69) is 63.7 Å². The molecule has 3 nitrogen and oxygen atoms in total. The summed E-state index contributed by atoms with van der Waals surface area (Å²) in [6.45, 7) is 0. The zero-order chi connectivity index (χ0) is 16.2. The van der Waals surface area contributed by atoms with Crippen LogP contribution in [0.5, 0.6) is 0 Å². The minimum absolute atomic E-state index is 1.25. The molecule has 118 valence electrons. The number of rotatable bonds is 0. The average molecular weight is 313 g/mol. The molecule has 1 heterocycles. The van der Waals surface area contributed by atoms with Crippen molar-refractivity contribution in [3.8, 4) is 0 Å². The third-order valence-electron chi connectivity index (χ3n) is 4.66. The fourth-order valence-electron chi connectivity index (χ4n) is 3.55. The second-order valence-corrected chi connectivity index (χ2v) is 6.09. The van der Waals surface area contributed by atoms with Crippen LogP contribution in [0.4, 0.5) is 0 Å². The molecule has 0 bridgehead atoms. The van der Waals surface area contributed by atoms with E-state index in [9.17, 15) is 0 Å². The quantitative estimate of drug-likeness (QED) is 0.440. The summed E-state index contributed by atoms with van der Waals surface area (Å²) in [5.41, 5.74) is 3.17. The molecule has 0 N–H and O–H groups in total. The van der Waals surface area contributed by atoms with Gasteiger partial charge in [-0.15, -0.1) is 5.10 Å². The van der Waals surface area contributed by atoms with Gasteiger partial charge in [0.25, 0.3) is 0 Å². The van der Waals surface area contributed by atoms with Crippen molar-refractivity contribution in [3.05, 3.63) is 78.4 Å². The summed E-state index contributed by atoms with van der Waals surface area (Å²) in [6.07, 6.45) is 9.71. The standard InChI is InChI=1S/C18H16.C3H3N3/c1-3-7-15-13(5-1)9-11-18-16-8-4-2-6-14(16)10-12-17(15)18;1-2-5-6-3-4-1/h1,3,5,7,9-12H,2,4,6,8H2;1-3H. The average Bonchev–Trinajstić information content (AvgIpc) is 2.69. The summed E-state index contributed by atoms with van der Waals surface area (Å²) in [4.78, 5) is 3.61. The van der Waals surface area contributed by atoms with E-state index in [0.717, 1.165) is 0 Å². The number of nitrogens with zero attached hydrogens (tertiary/aromatic N) is 3. The Morgan fingerprint density at radius 2 is 1.54 bits per heavy atom. The molecule has 0 saturated heterocycles. The Bertz CT molecular complexity index is 938. The van der Waals surface area contributed by atoms with Crippen LogP contribution in [0.1, 0.15) is 24.0 Å². The van der Waals surface area contributed by atoms with Gasteiger partial charge in [0.2, 0.25) is 0 Å². The number of hydrogen-bond donors (Lipinski definition) is 0. The van der Waals surface area contributed by atoms with Crippen molar-refractivity contribution in [1.82, 2.24) is 15.2 Å². The van der Waals surface area contributed by atoms with Gasteiger partial charge < -0.3 is 0 Å². The van der Waals surface area contributed by atoms with E-state index in [-0.39, 0.29) is 0 Å². The maximum absolute atomic E-state index is 3.61. The lowest BCUT2D eigenvalue weighted by molar-refractivity contribution is 0.690. The molecular formula is C21H19N3. The summed E-state index contributed by atoms with van der Waals surface area (Å²) >= 11 is 0. The maximum Gasteiger partial charge on any atom is 0.138 e. The Balaban J connectivity index is 0.000000207. The Labute approximate surface area is 141 Å². The zero-order valence-corrected chi connectivity index (χ0v) is 13.5. The van der Waals surface area contributed by atoms with E-state index < -0.39 is 0 Å². The second kappa shape index (κ2) is 6.75. The number of hydrogen-bond acceptors (Lipinski definition) is 3. The van der Waals surface area contributed by atoms with Crippen LogP contribution >= 0.6 is 0 Å². The van der Waals surface area contributed by atoms with Gasteiger partial charge in [-0.05, 0) is 58.4 Å². The minimum Gasteiger partial charge on any atom is -0.241 e. The van der Waals surface area contributed by atoms with Crippen LogP contribution in [0.15, 0.2) is 67.3 Å². The minimum atomic E-state index is 1.25. The summed E-state index contributed by atoms with van der Waals surface area (Å²) in [5.74, 6) is 0. The molecule has 1 aromatic heterocycles. The van der Waals surface area contributed by atoms with Crippen LogP contribution < -0.4 is 0 Å². The van der Waals surface area contributed by atoms with Gasteiger partial charge >= 0.3 is 0 Å². The normalized spacial score (nSPS) is 13.2. The molecule has 1 aliphatic rings. The molecule has 0 amide bonds. The van der Waals surface area contributed by atoms with E-state index in [4.69, 9.17) is 0 Å². The second-order valence-electron chi connectivity index (χ2n) is 6.09. The van der Waals surface area contributed by atoms with Gasteiger partial charge in [-0.3, -0.25) is 0 Å². The van der Waals surface area contributed by atoms with Crippen LogP contribution in [0.3, 0.4) is 0 Å². The van der Waals surface area contributed by atoms with Gasteiger partial charge in [-0.25, -0.2) is 4.98 Å². The maximum atomic E-state index is 3.61. The van der Waals surface area contributed by atoms with Gasteiger partial charge in [0.1, 0.15) is 6.33 Å². The van der Waals surface area contributed by atoms with Crippen LogP contribution in [0, 0.1) is 0 Å². The topological polar surface area (TPSA) is 38.7 Å². The fourth-order valence-corrected chi connectivity index (χ4v) is 3.55. The summed E-state index contributed by atoms with van der Waals surface area (Å²) in [6, 6.07) is 18.0. The number of fused-ring (bicyclic) bond motifs is 5. The van der Waals surface area contributed by atoms with Crippen molar-refractivity contribution in [1.29, 1.82) is 0 Å². The number of aryl methyl sites for hydroxylation is 2. The third kappa shape index (κ3) is 2.85. The molecule has 1 aliphatic carbocycles. The number of benzene rings is 3. The molecule has 0 unspecified atom stereocenters. The smallest absolute Gasteiger partial charge is 0.138 e. The molecule has 5 rings (SSSR count). The Morgan fingerprint density at radius 1 is 0.667 bits per heavy atom. The Kier molecular flexibility index (Phi) is 4.15. The van der Waals surface area contributed by atoms with Gasteiger partial charge in [0, 0.05) is 6.20 Å². The summed E-state index contributed by atoms with van der Waals surface area (Å²) < 4.78 is 0. The SMILES string of the molecule is c1ccc2c(c1)ccc1c3c(ccc12)CCCC3.c1cnncn1. The number of aromatic nitrogens is 3. The Morgan fingerprint density at radius 3 is 2.33 bits per heavy atom. The highest BCUT2D eigenvalue weighted by Crippen LogP contribution is 2.33. The van der Waals surface area contributed by atoms with Crippen molar-refractivity contribution in [2.45, 2.75) is 25.7 Å². The first-order valence-corrected chi connectivity index (χ1v) is 8.42. The van der Waals surface area contributed by atoms with E-state index in [1.807, 2.05) is 0 Å². The summed E-state index contributed by atoms with van der Waals surface area (Å²) in [7, 11) is 0. The fraction of sp³-hybridized carbons (Fsp3) is 0.190. The molecular weight excluding hydrogens is 294 g/mol. The van der Waals surface area contributed by atoms with Gasteiger partial charge in [0.15, 0.2) is 0 Å². The first-order valence-electron chi connectivity index (χ1n) is 8.42. The first-order chi connectivity index (χ1) is 11.9. The highest BCUT2D eigenvalue weighted by Gasteiger charge is 2.13. The van der Waals surface area contributed by atoms with Crippen molar-refractivity contribution >= 4 is 21.5 Å². The predicted molar refractivity (Wildman–Crippen MR) is 97.9 cm³/mol. The lowest BCUT2D eigenvalue weighted by Gasteiger charge is -2.18. The van der Waals surface area contributed by atoms with E-state index in [0.29, 0.717) is 0 Å². The monoisotopic (exact) mass is 313 g/mol. The molecule has 3 heteroatoms. The third-order valence-corrected chi connectivity index (χ3v) is 4.66. The molecule has 0 radical (unpaired) electrons. The zero-order valence-electron chi connectivity index (χ0n) is 13.5. The van der Waals surface area contributed by atoms with Crippen LogP contribution in [-0.2, 0) is 12.8 Å². The predicted octanol–water partition coefficient (Wildman–Crippen LogP) is 4.74. The van der Waals surface area contributed by atoms with Crippen LogP contribution in [-0.4, -0.2) is 15.2 Å². The van der Waals surface area contributed by atoms with Crippen molar-refractivity contribution in [2.75, 3.05) is 0 Å². The molecule has 0 spiro atoms. The van der Waals surface area contributed by atoms with Gasteiger partial charge in [0.05, 0.1) is 6.20 Å². The van der Waals surface area contributed by atoms with E-state index in [1.165, 1.54) is 59.8 Å². The summed E-state index contributed by atoms with van der Waals surface area (Å²) in [5, 5.41) is 12.5. The Hall–Kier alpha value is -2.81. The first kappa shape index (κ1) is 14.8. The van der Waals surface area contributed by atoms with E-state index in [1.54, 1.807) is 17.3 Å². The van der Waals surface area contributed by atoms with Crippen LogP contribution in [0.25, 0.3) is 21.5 Å². The molecule has 3 aromatic carbocycles. The van der Waals surface area contributed by atoms with Crippen molar-refractivity contribution in [3.63, 3.8) is 0 Å². The van der Waals surface area contributed by atoms with Crippen molar-refractivity contribution in [2.24, 2.45) is 0 Å². The lowest BCUT2D eigenvalue weighted by atomic mass is 9.86. The molecule has 0 atom stereocenters. The van der Waals surface area contributed by atoms with Gasteiger partial charge in [-0.1, -0.05) is 48.5 Å². The van der Waals surface area contributed by atoms with Gasteiger partial charge in [-0.2, -0.15) is 5.10 Å².